The lowest BCUT2D eigenvalue weighted by atomic mass is 9.44. The summed E-state index contributed by atoms with van der Waals surface area (Å²) in [7, 11) is 0. The number of aliphatic hydroxyl groups excluding tert-OH is 1. The molecule has 4 aliphatic rings. The third-order valence-corrected chi connectivity index (χ3v) is 10.5. The Morgan fingerprint density at radius 2 is 1.56 bits per heavy atom. The molecule has 3 aliphatic carbocycles. The average Bonchev–Trinajstić information content (AvgIpc) is 2.94. The summed E-state index contributed by atoms with van der Waals surface area (Å²) < 4.78 is 29.6. The van der Waals surface area contributed by atoms with Gasteiger partial charge in [0, 0.05) is 39.0 Å². The van der Waals surface area contributed by atoms with Crippen LogP contribution in [0.25, 0.3) is 0 Å². The van der Waals surface area contributed by atoms with Crippen LogP contribution in [-0.4, -0.2) is 88.2 Å². The van der Waals surface area contributed by atoms with E-state index >= 15 is 4.79 Å². The first-order valence-electron chi connectivity index (χ1n) is 15.0. The van der Waals surface area contributed by atoms with E-state index in [2.05, 4.69) is 0 Å². The predicted molar refractivity (Wildman–Crippen MR) is 154 cm³/mol. The van der Waals surface area contributed by atoms with Gasteiger partial charge in [-0.1, -0.05) is 32.0 Å². The zero-order valence-corrected chi connectivity index (χ0v) is 26.4. The number of hydrogen-bond donors (Lipinski definition) is 2. The van der Waals surface area contributed by atoms with E-state index in [0.717, 1.165) is 6.92 Å². The number of aliphatic hydroxyl groups is 2. The summed E-state index contributed by atoms with van der Waals surface area (Å²) in [5.41, 5.74) is -6.56. The molecule has 12 nitrogen and oxygen atoms in total. The molecule has 244 valence electrons. The Morgan fingerprint density at radius 1 is 0.933 bits per heavy atom. The van der Waals surface area contributed by atoms with Crippen molar-refractivity contribution < 1.29 is 57.9 Å². The van der Waals surface area contributed by atoms with Gasteiger partial charge in [0.25, 0.3) is 0 Å². The minimum atomic E-state index is -2.15. The molecule has 2 saturated carbocycles. The highest BCUT2D eigenvalue weighted by molar-refractivity contribution is 5.95. The zero-order valence-electron chi connectivity index (χ0n) is 26.4. The van der Waals surface area contributed by atoms with Crippen molar-refractivity contribution in [3.63, 3.8) is 0 Å². The third kappa shape index (κ3) is 4.80. The van der Waals surface area contributed by atoms with E-state index in [1.807, 2.05) is 0 Å². The number of rotatable bonds is 5. The molecule has 12 heteroatoms. The standard InChI is InChI=1S/C33H40O12/c1-16-21(37)14-33(40)28(44-29(39)20-11-9-8-10-12-20)26-31(7,27(38)25(43-18(3)35)24(16)30(33,5)6)22(42-17(2)34)13-23-32(26,15-41-23)45-19(4)36/h8-12,21-23,25-26,28,37,40H,13-15H2,1-7H3/t21-,22-,23+,25+,26-,28-,31+,32-,33-/m0/s1. The maximum atomic E-state index is 15.1. The summed E-state index contributed by atoms with van der Waals surface area (Å²) >= 11 is 0. The first-order chi connectivity index (χ1) is 20.9. The predicted octanol–water partition coefficient (Wildman–Crippen LogP) is 2.22. The van der Waals surface area contributed by atoms with Gasteiger partial charge in [-0.25, -0.2) is 4.79 Å². The molecule has 0 aromatic heterocycles. The zero-order chi connectivity index (χ0) is 33.3. The Kier molecular flexibility index (Phi) is 8.03. The molecule has 1 heterocycles. The minimum absolute atomic E-state index is 0.0831. The van der Waals surface area contributed by atoms with Crippen molar-refractivity contribution in [3.8, 4) is 0 Å². The maximum absolute atomic E-state index is 15.1. The number of benzene rings is 1. The molecule has 0 unspecified atom stereocenters. The lowest BCUT2D eigenvalue weighted by molar-refractivity contribution is -0.346. The maximum Gasteiger partial charge on any atom is 0.338 e. The Bertz CT molecular complexity index is 1460. The van der Waals surface area contributed by atoms with Gasteiger partial charge < -0.3 is 33.9 Å². The molecule has 45 heavy (non-hydrogen) atoms. The van der Waals surface area contributed by atoms with Crippen LogP contribution in [0.1, 0.15) is 71.7 Å². The van der Waals surface area contributed by atoms with E-state index < -0.39 is 88.1 Å². The first-order valence-corrected chi connectivity index (χ1v) is 15.0. The molecule has 1 aromatic rings. The van der Waals surface area contributed by atoms with Gasteiger partial charge in [-0.15, -0.1) is 0 Å². The molecule has 0 amide bonds. The Balaban J connectivity index is 1.87. The molecule has 0 spiro atoms. The Morgan fingerprint density at radius 3 is 2.09 bits per heavy atom. The number of hydrogen-bond acceptors (Lipinski definition) is 12. The topological polar surface area (TPSA) is 172 Å². The fourth-order valence-corrected chi connectivity index (χ4v) is 8.26. The second-order valence-electron chi connectivity index (χ2n) is 13.4. The van der Waals surface area contributed by atoms with Gasteiger partial charge in [0.15, 0.2) is 17.5 Å². The molecule has 9 atom stereocenters. The normalized spacial score (nSPS) is 38.3. The van der Waals surface area contributed by atoms with E-state index in [0.29, 0.717) is 5.57 Å². The molecular weight excluding hydrogens is 588 g/mol. The van der Waals surface area contributed by atoms with Gasteiger partial charge in [0.2, 0.25) is 0 Å². The molecule has 5 rings (SSSR count). The largest absolute Gasteiger partial charge is 0.461 e. The van der Waals surface area contributed by atoms with Crippen LogP contribution < -0.4 is 0 Å². The second-order valence-corrected chi connectivity index (χ2v) is 13.4. The fraction of sp³-hybridized carbons (Fsp3) is 0.606. The molecular formula is C33H40O12. The van der Waals surface area contributed by atoms with Crippen LogP contribution in [0, 0.1) is 16.7 Å². The smallest absolute Gasteiger partial charge is 0.338 e. The molecule has 2 N–H and O–H groups in total. The van der Waals surface area contributed by atoms with Crippen molar-refractivity contribution in [2.45, 2.75) is 103 Å². The SMILES string of the molecule is CC(=O)O[C@H]1C(=O)[C@]2(C)[C@@H](OC(C)=O)C[C@H]3OC[C@@]3(OC(C)=O)[C@H]2[C@H](OC(=O)c2ccccc2)[C@@]2(O)C[C@H](O)C(C)=C1C2(C)C. The first kappa shape index (κ1) is 32.8. The van der Waals surface area contributed by atoms with E-state index in [4.69, 9.17) is 23.7 Å². The van der Waals surface area contributed by atoms with Crippen molar-refractivity contribution in [1.82, 2.24) is 0 Å². The average molecular weight is 629 g/mol. The Labute approximate surface area is 261 Å². The van der Waals surface area contributed by atoms with Crippen LogP contribution in [0.4, 0.5) is 0 Å². The van der Waals surface area contributed by atoms with Gasteiger partial charge in [-0.3, -0.25) is 19.2 Å². The van der Waals surface area contributed by atoms with Crippen LogP contribution in [0.5, 0.6) is 0 Å². The number of Topliss-reactive ketones (excluding diaryl/α,β-unsaturated/α-hetero) is 1. The number of esters is 4. The van der Waals surface area contributed by atoms with E-state index in [1.54, 1.807) is 39.0 Å². The number of ether oxygens (including phenoxy) is 5. The van der Waals surface area contributed by atoms with Crippen LogP contribution in [0.3, 0.4) is 0 Å². The summed E-state index contributed by atoms with van der Waals surface area (Å²) in [5, 5.41) is 24.4. The lowest BCUT2D eigenvalue weighted by Crippen LogP contribution is -2.82. The van der Waals surface area contributed by atoms with Crippen LogP contribution in [0.15, 0.2) is 41.5 Å². The van der Waals surface area contributed by atoms with Crippen molar-refractivity contribution in [1.29, 1.82) is 0 Å². The quantitative estimate of drug-likeness (QED) is 0.277. The van der Waals surface area contributed by atoms with Crippen LogP contribution in [0.2, 0.25) is 0 Å². The van der Waals surface area contributed by atoms with Gasteiger partial charge in [-0.2, -0.15) is 0 Å². The fourth-order valence-electron chi connectivity index (χ4n) is 8.26. The highest BCUT2D eigenvalue weighted by Crippen LogP contribution is 2.64. The molecule has 1 aliphatic heterocycles. The summed E-state index contributed by atoms with van der Waals surface area (Å²) in [6.07, 6.45) is -7.21. The van der Waals surface area contributed by atoms with Crippen molar-refractivity contribution in [3.05, 3.63) is 47.0 Å². The third-order valence-electron chi connectivity index (χ3n) is 10.5. The van der Waals surface area contributed by atoms with Crippen molar-refractivity contribution in [2.24, 2.45) is 16.7 Å². The van der Waals surface area contributed by atoms with E-state index in [-0.39, 0.29) is 30.6 Å². The molecule has 3 fully saturated rings. The molecule has 1 aromatic carbocycles. The van der Waals surface area contributed by atoms with Gasteiger partial charge in [0.05, 0.1) is 29.6 Å². The number of fused-ring (bicyclic) bond motifs is 5. The molecule has 0 radical (unpaired) electrons. The van der Waals surface area contributed by atoms with Gasteiger partial charge in [0.1, 0.15) is 23.9 Å². The van der Waals surface area contributed by atoms with Gasteiger partial charge in [-0.05, 0) is 37.1 Å². The lowest BCUT2D eigenvalue weighted by Gasteiger charge is -2.67. The molecule has 2 bridgehead atoms. The van der Waals surface area contributed by atoms with E-state index in [1.165, 1.54) is 32.9 Å². The van der Waals surface area contributed by atoms with Crippen molar-refractivity contribution >= 4 is 29.7 Å². The number of ketones is 1. The second kappa shape index (κ2) is 11.0. The summed E-state index contributed by atoms with van der Waals surface area (Å²) in [6.45, 7) is 9.56. The number of carbonyl (C=O) groups excluding carboxylic acids is 5. The van der Waals surface area contributed by atoms with Crippen LogP contribution >= 0.6 is 0 Å². The van der Waals surface area contributed by atoms with Crippen LogP contribution in [-0.2, 0) is 42.9 Å². The van der Waals surface area contributed by atoms with E-state index in [9.17, 15) is 29.4 Å². The summed E-state index contributed by atoms with van der Waals surface area (Å²) in [5.74, 6) is -5.22. The monoisotopic (exact) mass is 628 g/mol. The summed E-state index contributed by atoms with van der Waals surface area (Å²) in [4.78, 5) is 66.8. The Hall–Kier alpha value is -3.61. The van der Waals surface area contributed by atoms with Gasteiger partial charge >= 0.3 is 23.9 Å². The highest BCUT2D eigenvalue weighted by Gasteiger charge is 2.79. The molecule has 1 saturated heterocycles. The minimum Gasteiger partial charge on any atom is -0.461 e. The number of carbonyl (C=O) groups is 5. The highest BCUT2D eigenvalue weighted by atomic mass is 16.6. The van der Waals surface area contributed by atoms with Crippen molar-refractivity contribution in [2.75, 3.05) is 6.61 Å². The summed E-state index contributed by atoms with van der Waals surface area (Å²) in [6, 6.07) is 8.01.